The third kappa shape index (κ3) is 7.47. The van der Waals surface area contributed by atoms with Crippen molar-refractivity contribution in [2.45, 2.75) is 26.5 Å². The smallest absolute Gasteiger partial charge is 0.271 e. The number of nitrogens with zero attached hydrogens (tertiary/aromatic N) is 2. The van der Waals surface area contributed by atoms with Crippen LogP contribution in [0.5, 0.6) is 17.2 Å². The van der Waals surface area contributed by atoms with Gasteiger partial charge in [-0.05, 0) is 101 Å². The highest BCUT2D eigenvalue weighted by Crippen LogP contribution is 2.38. The predicted octanol–water partition coefficient (Wildman–Crippen LogP) is 7.93. The Labute approximate surface area is 305 Å². The number of rotatable bonds is 10. The number of halogens is 3. The molecule has 250 valence electrons. The van der Waals surface area contributed by atoms with Crippen LogP contribution in [0.15, 0.2) is 110 Å². The van der Waals surface area contributed by atoms with Gasteiger partial charge in [0.2, 0.25) is 0 Å². The molecule has 49 heavy (non-hydrogen) atoms. The average Bonchev–Trinajstić information content (AvgIpc) is 3.39. The molecule has 8 nitrogen and oxygen atoms in total. The molecule has 1 N–H and O–H groups in total. The molecule has 0 bridgehead atoms. The normalized spacial score (nSPS) is 14.2. The quantitative estimate of drug-likeness (QED) is 0.156. The van der Waals surface area contributed by atoms with Gasteiger partial charge in [0.15, 0.2) is 16.3 Å². The first-order chi connectivity index (χ1) is 23.7. The molecule has 5 aromatic rings. The average molecular weight is 780 g/mol. The summed E-state index contributed by atoms with van der Waals surface area (Å²) in [5, 5.41) is 3.88. The molecule has 0 radical (unpaired) electrons. The number of fused-ring (bicyclic) bond motifs is 1. The Morgan fingerprint density at radius 2 is 1.78 bits per heavy atom. The number of ether oxygens (including phenoxy) is 3. The van der Waals surface area contributed by atoms with Crippen molar-refractivity contribution < 1.29 is 19.0 Å². The van der Waals surface area contributed by atoms with Gasteiger partial charge in [-0.25, -0.2) is 4.99 Å². The second kappa shape index (κ2) is 15.0. The van der Waals surface area contributed by atoms with Crippen LogP contribution in [0.2, 0.25) is 10.0 Å². The maximum absolute atomic E-state index is 14.2. The number of carbonyl (C=O) groups is 1. The summed E-state index contributed by atoms with van der Waals surface area (Å²) >= 11 is 17.1. The molecule has 0 unspecified atom stereocenters. The van der Waals surface area contributed by atoms with Gasteiger partial charge in [0.1, 0.15) is 12.4 Å². The SMILES string of the molecule is CCOc1ccc([C@@H]2C(C(=O)Nc3ccccc3)=C(C)N=c3s/c(=C\c4cc(Br)c(OCc5ccc(Cl)c(Cl)c5)c(OC)c4)c(=O)n32)cc1. The van der Waals surface area contributed by atoms with Crippen LogP contribution < -0.4 is 34.4 Å². The molecular weight excluding hydrogens is 749 g/mol. The molecule has 0 aliphatic carbocycles. The van der Waals surface area contributed by atoms with E-state index in [-0.39, 0.29) is 18.1 Å². The van der Waals surface area contributed by atoms with Crippen LogP contribution in [-0.2, 0) is 11.4 Å². The molecule has 0 saturated carbocycles. The van der Waals surface area contributed by atoms with Gasteiger partial charge in [0.05, 0.1) is 50.1 Å². The lowest BCUT2D eigenvalue weighted by atomic mass is 9.95. The van der Waals surface area contributed by atoms with Gasteiger partial charge in [-0.2, -0.15) is 0 Å². The molecule has 12 heteroatoms. The number of carbonyl (C=O) groups excluding carboxylic acids is 1. The summed E-state index contributed by atoms with van der Waals surface area (Å²) in [7, 11) is 1.55. The monoisotopic (exact) mass is 777 g/mol. The van der Waals surface area contributed by atoms with Crippen LogP contribution in [0.1, 0.15) is 36.6 Å². The van der Waals surface area contributed by atoms with E-state index < -0.39 is 6.04 Å². The van der Waals surface area contributed by atoms with E-state index >= 15 is 0 Å². The van der Waals surface area contributed by atoms with E-state index in [2.05, 4.69) is 21.2 Å². The standard InChI is InChI=1S/C37H30BrCl2N3O5S/c1-4-47-26-13-11-24(12-14-26)33-32(35(44)42-25-8-6-5-7-9-25)21(2)41-37-43(33)36(45)31(49-37)19-23-16-27(38)34(30(18-23)46-3)48-20-22-10-15-28(39)29(40)17-22/h5-19,33H,4,20H2,1-3H3,(H,42,44)/b31-19-/t33-/m1/s1. The van der Waals surface area contributed by atoms with E-state index in [1.165, 1.54) is 11.3 Å². The van der Waals surface area contributed by atoms with Crippen molar-refractivity contribution in [1.82, 2.24) is 4.57 Å². The highest BCUT2D eigenvalue weighted by Gasteiger charge is 2.32. The molecule has 2 heterocycles. The fourth-order valence-electron chi connectivity index (χ4n) is 5.46. The summed E-state index contributed by atoms with van der Waals surface area (Å²) in [4.78, 5) is 33.3. The Morgan fingerprint density at radius 3 is 2.47 bits per heavy atom. The van der Waals surface area contributed by atoms with E-state index in [4.69, 9.17) is 42.4 Å². The third-order valence-electron chi connectivity index (χ3n) is 7.72. The van der Waals surface area contributed by atoms with Crippen molar-refractivity contribution in [3.05, 3.63) is 147 Å². The Kier molecular flexibility index (Phi) is 10.6. The molecule has 0 saturated heterocycles. The fraction of sp³-hybridized carbons (Fsp3) is 0.162. The van der Waals surface area contributed by atoms with Gasteiger partial charge in [-0.15, -0.1) is 0 Å². The van der Waals surface area contributed by atoms with Crippen LogP contribution >= 0.6 is 50.5 Å². The number of para-hydroxylation sites is 1. The molecule has 4 aromatic carbocycles. The summed E-state index contributed by atoms with van der Waals surface area (Å²) in [6.07, 6.45) is 1.78. The molecule has 0 fully saturated rings. The third-order valence-corrected chi connectivity index (χ3v) is 10.0. The lowest BCUT2D eigenvalue weighted by molar-refractivity contribution is -0.113. The number of amides is 1. The van der Waals surface area contributed by atoms with E-state index in [9.17, 15) is 9.59 Å². The predicted molar refractivity (Wildman–Crippen MR) is 198 cm³/mol. The van der Waals surface area contributed by atoms with Gasteiger partial charge in [-0.3, -0.25) is 14.2 Å². The van der Waals surface area contributed by atoms with Crippen LogP contribution in [0.25, 0.3) is 6.08 Å². The summed E-state index contributed by atoms with van der Waals surface area (Å²) in [6.45, 7) is 4.45. The second-order valence-corrected chi connectivity index (χ2v) is 13.7. The van der Waals surface area contributed by atoms with Crippen LogP contribution in [0.4, 0.5) is 5.69 Å². The van der Waals surface area contributed by atoms with E-state index in [1.807, 2.05) is 73.7 Å². The number of nitrogens with one attached hydrogen (secondary N) is 1. The van der Waals surface area contributed by atoms with Crippen molar-refractivity contribution in [3.8, 4) is 17.2 Å². The van der Waals surface area contributed by atoms with Gasteiger partial charge in [0, 0.05) is 5.69 Å². The molecule has 1 aliphatic heterocycles. The number of anilines is 1. The second-order valence-electron chi connectivity index (χ2n) is 11.0. The first kappa shape index (κ1) is 34.5. The summed E-state index contributed by atoms with van der Waals surface area (Å²) in [5.74, 6) is 1.31. The zero-order valence-electron chi connectivity index (χ0n) is 26.6. The molecule has 1 aromatic heterocycles. The molecule has 1 aliphatic rings. The lowest BCUT2D eigenvalue weighted by Gasteiger charge is -2.25. The minimum atomic E-state index is -0.726. The molecule has 0 spiro atoms. The number of hydrogen-bond donors (Lipinski definition) is 1. The van der Waals surface area contributed by atoms with Crippen molar-refractivity contribution >= 4 is 68.1 Å². The van der Waals surface area contributed by atoms with E-state index in [0.29, 0.717) is 70.2 Å². The Balaban J connectivity index is 1.39. The minimum Gasteiger partial charge on any atom is -0.494 e. The summed E-state index contributed by atoms with van der Waals surface area (Å²) < 4.78 is 20.1. The zero-order chi connectivity index (χ0) is 34.7. The number of hydrogen-bond acceptors (Lipinski definition) is 7. The van der Waals surface area contributed by atoms with Crippen molar-refractivity contribution in [3.63, 3.8) is 0 Å². The molecule has 6 rings (SSSR count). The van der Waals surface area contributed by atoms with E-state index in [0.717, 1.165) is 11.1 Å². The summed E-state index contributed by atoms with van der Waals surface area (Å²) in [6, 6.07) is 24.8. The number of allylic oxidation sites excluding steroid dienone is 1. The zero-order valence-corrected chi connectivity index (χ0v) is 30.5. The number of methoxy groups -OCH3 is 1. The maximum Gasteiger partial charge on any atom is 0.271 e. The molecule has 1 amide bonds. The van der Waals surface area contributed by atoms with E-state index in [1.54, 1.807) is 42.9 Å². The van der Waals surface area contributed by atoms with Gasteiger partial charge in [-0.1, -0.05) is 70.9 Å². The van der Waals surface area contributed by atoms with Crippen LogP contribution in [-0.4, -0.2) is 24.2 Å². The molecule has 1 atom stereocenters. The highest BCUT2D eigenvalue weighted by atomic mass is 79.9. The van der Waals surface area contributed by atoms with Gasteiger partial charge >= 0.3 is 0 Å². The highest BCUT2D eigenvalue weighted by molar-refractivity contribution is 9.10. The minimum absolute atomic E-state index is 0.231. The fourth-order valence-corrected chi connectivity index (χ4v) is 7.40. The number of thiazole rings is 1. The number of benzene rings is 4. The first-order valence-corrected chi connectivity index (χ1v) is 17.6. The van der Waals surface area contributed by atoms with Gasteiger partial charge in [0.25, 0.3) is 11.5 Å². The van der Waals surface area contributed by atoms with Crippen molar-refractivity contribution in [2.24, 2.45) is 4.99 Å². The Morgan fingerprint density at radius 1 is 1.02 bits per heavy atom. The van der Waals surface area contributed by atoms with Crippen LogP contribution in [0, 0.1) is 0 Å². The van der Waals surface area contributed by atoms with Crippen molar-refractivity contribution in [1.29, 1.82) is 0 Å². The molecular formula is C37H30BrCl2N3O5S. The van der Waals surface area contributed by atoms with Gasteiger partial charge < -0.3 is 19.5 Å². The topological polar surface area (TPSA) is 91.2 Å². The maximum atomic E-state index is 14.2. The number of aromatic nitrogens is 1. The Hall–Kier alpha value is -4.35. The van der Waals surface area contributed by atoms with Crippen LogP contribution in [0.3, 0.4) is 0 Å². The Bertz CT molecular complexity index is 2250. The lowest BCUT2D eigenvalue weighted by Crippen LogP contribution is -2.40. The van der Waals surface area contributed by atoms with Crippen molar-refractivity contribution in [2.75, 3.05) is 19.0 Å². The first-order valence-electron chi connectivity index (χ1n) is 15.2. The largest absolute Gasteiger partial charge is 0.494 e. The summed E-state index contributed by atoms with van der Waals surface area (Å²) in [5.41, 5.74) is 3.54.